The van der Waals surface area contributed by atoms with Crippen LogP contribution in [-0.4, -0.2) is 36.0 Å². The molecule has 5 heteroatoms. The molecule has 2 rings (SSSR count). The Balaban J connectivity index is 1.95. The second-order valence-electron chi connectivity index (χ2n) is 5.11. The number of rotatable bonds is 7. The van der Waals surface area contributed by atoms with Crippen LogP contribution in [0.4, 0.5) is 5.82 Å². The minimum atomic E-state index is 0.0178. The predicted octanol–water partition coefficient (Wildman–Crippen LogP) is 3.18. The van der Waals surface area contributed by atoms with E-state index in [4.69, 9.17) is 4.74 Å². The Bertz CT molecular complexity index is 620. The molecule has 0 radical (unpaired) electrons. The summed E-state index contributed by atoms with van der Waals surface area (Å²) in [6.45, 7) is 6.01. The molecule has 5 nitrogen and oxygen atoms in total. The van der Waals surface area contributed by atoms with Gasteiger partial charge in [0.15, 0.2) is 0 Å². The third-order valence-electron chi connectivity index (χ3n) is 3.69. The highest BCUT2D eigenvalue weighted by molar-refractivity contribution is 5.94. The van der Waals surface area contributed by atoms with E-state index in [2.05, 4.69) is 10.3 Å². The summed E-state index contributed by atoms with van der Waals surface area (Å²) >= 11 is 0. The molecule has 1 N–H and O–H groups in total. The highest BCUT2D eigenvalue weighted by Crippen LogP contribution is 2.13. The first kappa shape index (κ1) is 16.8. The molecule has 2 aromatic rings. The maximum absolute atomic E-state index is 12.2. The molecule has 122 valence electrons. The van der Waals surface area contributed by atoms with Gasteiger partial charge in [-0.2, -0.15) is 0 Å². The van der Waals surface area contributed by atoms with Gasteiger partial charge in [0.2, 0.25) is 0 Å². The fraction of sp³-hybridized carbons (Fsp3) is 0.333. The number of amides is 1. The summed E-state index contributed by atoms with van der Waals surface area (Å²) in [4.78, 5) is 18.3. The summed E-state index contributed by atoms with van der Waals surface area (Å²) < 4.78 is 5.14. The van der Waals surface area contributed by atoms with Gasteiger partial charge >= 0.3 is 0 Å². The van der Waals surface area contributed by atoms with Gasteiger partial charge < -0.3 is 15.0 Å². The second kappa shape index (κ2) is 8.17. The number of methoxy groups -OCH3 is 1. The van der Waals surface area contributed by atoms with Crippen molar-refractivity contribution in [3.8, 4) is 5.75 Å². The van der Waals surface area contributed by atoms with Crippen molar-refractivity contribution in [1.82, 2.24) is 9.88 Å². The summed E-state index contributed by atoms with van der Waals surface area (Å²) in [7, 11) is 1.65. The number of nitrogens with zero attached hydrogens (tertiary/aromatic N) is 2. The highest BCUT2D eigenvalue weighted by Gasteiger charge is 2.12. The van der Waals surface area contributed by atoms with Gasteiger partial charge in [-0.3, -0.25) is 4.79 Å². The summed E-state index contributed by atoms with van der Waals surface area (Å²) in [5.74, 6) is 1.60. The smallest absolute Gasteiger partial charge is 0.255 e. The van der Waals surface area contributed by atoms with Crippen LogP contribution in [0.1, 0.15) is 29.8 Å². The number of benzene rings is 1. The lowest BCUT2D eigenvalue weighted by molar-refractivity contribution is 0.0772. The van der Waals surface area contributed by atoms with Crippen LogP contribution in [-0.2, 0) is 6.54 Å². The van der Waals surface area contributed by atoms with Crippen LogP contribution in [0.3, 0.4) is 0 Å². The Morgan fingerprint density at radius 2 is 1.83 bits per heavy atom. The highest BCUT2D eigenvalue weighted by atomic mass is 16.5. The predicted molar refractivity (Wildman–Crippen MR) is 91.8 cm³/mol. The molecular formula is C18H23N3O2. The molecular weight excluding hydrogens is 290 g/mol. The molecule has 0 bridgehead atoms. The number of aromatic nitrogens is 1. The van der Waals surface area contributed by atoms with Crippen molar-refractivity contribution in [3.63, 3.8) is 0 Å². The van der Waals surface area contributed by atoms with Crippen LogP contribution in [0.2, 0.25) is 0 Å². The lowest BCUT2D eigenvalue weighted by Crippen LogP contribution is -2.30. The Morgan fingerprint density at radius 1 is 1.13 bits per heavy atom. The van der Waals surface area contributed by atoms with Gasteiger partial charge in [-0.05, 0) is 43.7 Å². The maximum atomic E-state index is 12.2. The monoisotopic (exact) mass is 313 g/mol. The van der Waals surface area contributed by atoms with Crippen LogP contribution in [0.25, 0.3) is 0 Å². The number of anilines is 1. The van der Waals surface area contributed by atoms with Crippen LogP contribution >= 0.6 is 0 Å². The minimum absolute atomic E-state index is 0.0178. The van der Waals surface area contributed by atoms with Crippen LogP contribution in [0.5, 0.6) is 5.75 Å². The molecule has 0 fully saturated rings. The van der Waals surface area contributed by atoms with Crippen molar-refractivity contribution < 1.29 is 9.53 Å². The Hall–Kier alpha value is -2.56. The molecule has 0 unspecified atom stereocenters. The zero-order valence-electron chi connectivity index (χ0n) is 13.9. The van der Waals surface area contributed by atoms with Crippen LogP contribution in [0.15, 0.2) is 42.6 Å². The quantitative estimate of drug-likeness (QED) is 0.853. The van der Waals surface area contributed by atoms with E-state index < -0.39 is 0 Å². The summed E-state index contributed by atoms with van der Waals surface area (Å²) in [5, 5.41) is 3.24. The first-order chi connectivity index (χ1) is 11.2. The van der Waals surface area contributed by atoms with Gasteiger partial charge in [-0.1, -0.05) is 12.1 Å². The summed E-state index contributed by atoms with van der Waals surface area (Å²) in [6.07, 6.45) is 1.62. The summed E-state index contributed by atoms with van der Waals surface area (Å²) in [6, 6.07) is 11.5. The molecule has 0 saturated carbocycles. The van der Waals surface area contributed by atoms with Gasteiger partial charge in [-0.15, -0.1) is 0 Å². The van der Waals surface area contributed by atoms with E-state index >= 15 is 0 Å². The number of hydrogen-bond acceptors (Lipinski definition) is 4. The molecule has 1 heterocycles. The van der Waals surface area contributed by atoms with Crippen molar-refractivity contribution in [1.29, 1.82) is 0 Å². The topological polar surface area (TPSA) is 54.5 Å². The lowest BCUT2D eigenvalue weighted by atomic mass is 10.2. The molecule has 0 aliphatic carbocycles. The number of hydrogen-bond donors (Lipinski definition) is 1. The second-order valence-corrected chi connectivity index (χ2v) is 5.11. The standard InChI is InChI=1S/C18H23N3O2/c1-4-21(5-2)18(22)15-8-11-17(20-13-15)19-12-14-6-9-16(23-3)10-7-14/h6-11,13H,4-5,12H2,1-3H3,(H,19,20). The van der Waals surface area contributed by atoms with Gasteiger partial charge in [0.1, 0.15) is 11.6 Å². The number of ether oxygens (including phenoxy) is 1. The Kier molecular flexibility index (Phi) is 5.97. The van der Waals surface area contributed by atoms with E-state index in [1.165, 1.54) is 0 Å². The Labute approximate surface area is 137 Å². The van der Waals surface area contributed by atoms with E-state index in [9.17, 15) is 4.79 Å². The van der Waals surface area contributed by atoms with E-state index in [1.54, 1.807) is 18.2 Å². The average molecular weight is 313 g/mol. The van der Waals surface area contributed by atoms with Gasteiger partial charge in [0, 0.05) is 25.8 Å². The first-order valence-electron chi connectivity index (χ1n) is 7.80. The SMILES string of the molecule is CCN(CC)C(=O)c1ccc(NCc2ccc(OC)cc2)nc1. The third-order valence-corrected chi connectivity index (χ3v) is 3.69. The van der Waals surface area contributed by atoms with Gasteiger partial charge in [0.05, 0.1) is 12.7 Å². The van der Waals surface area contributed by atoms with E-state index in [0.29, 0.717) is 25.2 Å². The van der Waals surface area contributed by atoms with Crippen molar-refractivity contribution in [2.24, 2.45) is 0 Å². The normalized spacial score (nSPS) is 10.2. The molecule has 1 aromatic carbocycles. The zero-order valence-corrected chi connectivity index (χ0v) is 13.9. The van der Waals surface area contributed by atoms with Crippen LogP contribution in [0, 0.1) is 0 Å². The molecule has 0 saturated heterocycles. The number of carbonyl (C=O) groups is 1. The molecule has 1 amide bonds. The first-order valence-corrected chi connectivity index (χ1v) is 7.80. The average Bonchev–Trinajstić information content (AvgIpc) is 2.61. The fourth-order valence-corrected chi connectivity index (χ4v) is 2.25. The van der Waals surface area contributed by atoms with E-state index in [1.807, 2.05) is 50.2 Å². The third kappa shape index (κ3) is 4.45. The van der Waals surface area contributed by atoms with Gasteiger partial charge in [-0.25, -0.2) is 4.98 Å². The van der Waals surface area contributed by atoms with Gasteiger partial charge in [0.25, 0.3) is 5.91 Å². The minimum Gasteiger partial charge on any atom is -0.497 e. The number of pyridine rings is 1. The fourth-order valence-electron chi connectivity index (χ4n) is 2.25. The lowest BCUT2D eigenvalue weighted by Gasteiger charge is -2.18. The zero-order chi connectivity index (χ0) is 16.7. The largest absolute Gasteiger partial charge is 0.497 e. The number of nitrogens with one attached hydrogen (secondary N) is 1. The molecule has 0 spiro atoms. The molecule has 1 aromatic heterocycles. The molecule has 0 atom stereocenters. The molecule has 23 heavy (non-hydrogen) atoms. The maximum Gasteiger partial charge on any atom is 0.255 e. The van der Waals surface area contributed by atoms with Crippen molar-refractivity contribution in [3.05, 3.63) is 53.7 Å². The molecule has 0 aliphatic rings. The summed E-state index contributed by atoms with van der Waals surface area (Å²) in [5.41, 5.74) is 1.75. The molecule has 0 aliphatic heterocycles. The Morgan fingerprint density at radius 3 is 2.35 bits per heavy atom. The van der Waals surface area contributed by atoms with Crippen molar-refractivity contribution in [2.75, 3.05) is 25.5 Å². The van der Waals surface area contributed by atoms with Crippen molar-refractivity contribution >= 4 is 11.7 Å². The number of carbonyl (C=O) groups excluding carboxylic acids is 1. The van der Waals surface area contributed by atoms with Crippen LogP contribution < -0.4 is 10.1 Å². The van der Waals surface area contributed by atoms with E-state index in [0.717, 1.165) is 17.1 Å². The van der Waals surface area contributed by atoms with E-state index in [-0.39, 0.29) is 5.91 Å². The van der Waals surface area contributed by atoms with Crippen molar-refractivity contribution in [2.45, 2.75) is 20.4 Å².